The Kier molecular flexibility index (Phi) is 4.57. The van der Waals surface area contributed by atoms with E-state index >= 15 is 0 Å². The Hall–Kier alpha value is -3.10. The molecule has 5 rings (SSSR count). The molecule has 0 saturated carbocycles. The number of aromatic nitrogens is 1. The van der Waals surface area contributed by atoms with Crippen molar-refractivity contribution in [3.63, 3.8) is 0 Å². The predicted octanol–water partition coefficient (Wildman–Crippen LogP) is 4.77. The van der Waals surface area contributed by atoms with Gasteiger partial charge in [0.25, 0.3) is 0 Å². The zero-order chi connectivity index (χ0) is 19.8. The van der Waals surface area contributed by atoms with E-state index in [9.17, 15) is 9.59 Å². The lowest BCUT2D eigenvalue weighted by Crippen LogP contribution is -2.27. The van der Waals surface area contributed by atoms with Crippen molar-refractivity contribution in [2.45, 2.75) is 5.37 Å². The highest BCUT2D eigenvalue weighted by Gasteiger charge is 2.35. The first-order valence-electron chi connectivity index (χ1n) is 8.92. The van der Waals surface area contributed by atoms with Gasteiger partial charge in [0, 0.05) is 22.5 Å². The molecular formula is C21H15N3O3S2. The fourth-order valence-corrected chi connectivity index (χ4v) is 5.25. The lowest BCUT2D eigenvalue weighted by molar-refractivity contribution is -0.115. The van der Waals surface area contributed by atoms with E-state index < -0.39 is 0 Å². The minimum Gasteiger partial charge on any atom is -0.423 e. The summed E-state index contributed by atoms with van der Waals surface area (Å²) in [6.45, 7) is 0. The number of fused-ring (bicyclic) bond motifs is 1. The van der Waals surface area contributed by atoms with Crippen molar-refractivity contribution >= 4 is 56.6 Å². The number of thiazole rings is 1. The normalized spacial score (nSPS) is 16.5. The molecule has 6 nitrogen and oxygen atoms in total. The molecule has 0 bridgehead atoms. The van der Waals surface area contributed by atoms with Crippen LogP contribution in [0, 0.1) is 0 Å². The summed E-state index contributed by atoms with van der Waals surface area (Å²) >= 11 is 3.04. The topological polar surface area (TPSA) is 75.4 Å². The van der Waals surface area contributed by atoms with Crippen LogP contribution in [0.5, 0.6) is 0 Å². The molecule has 4 aromatic rings. The van der Waals surface area contributed by atoms with Gasteiger partial charge in [-0.15, -0.1) is 23.1 Å². The van der Waals surface area contributed by atoms with Crippen molar-refractivity contribution < 1.29 is 9.21 Å². The monoisotopic (exact) mass is 421 g/mol. The second-order valence-corrected chi connectivity index (χ2v) is 8.39. The van der Waals surface area contributed by atoms with Crippen LogP contribution in [-0.2, 0) is 4.79 Å². The van der Waals surface area contributed by atoms with Gasteiger partial charge in [0.1, 0.15) is 16.8 Å². The van der Waals surface area contributed by atoms with Crippen molar-refractivity contribution in [3.8, 4) is 0 Å². The Bertz CT molecular complexity index is 1250. The number of rotatable bonds is 4. The summed E-state index contributed by atoms with van der Waals surface area (Å²) in [5.41, 5.74) is 2.07. The van der Waals surface area contributed by atoms with E-state index in [2.05, 4.69) is 10.3 Å². The van der Waals surface area contributed by atoms with E-state index in [1.165, 1.54) is 17.4 Å². The number of nitrogens with one attached hydrogen (secondary N) is 1. The second-order valence-electron chi connectivity index (χ2n) is 6.49. The molecule has 144 valence electrons. The van der Waals surface area contributed by atoms with Crippen LogP contribution >= 0.6 is 23.1 Å². The maximum atomic E-state index is 12.5. The van der Waals surface area contributed by atoms with Gasteiger partial charge in [-0.05, 0) is 29.8 Å². The summed E-state index contributed by atoms with van der Waals surface area (Å²) in [5, 5.41) is 6.58. The standard InChI is InChI=1S/C21H15N3O3S2/c25-18-12-28-20(13-4-2-1-3-5-13)24(18)21-23-17(11-29-21)22-15-7-8-16-14(10-15)6-9-19(26)27-16/h1-11,20,22H,12H2. The van der Waals surface area contributed by atoms with Gasteiger partial charge in [-0.3, -0.25) is 9.69 Å². The molecule has 1 amide bonds. The largest absolute Gasteiger partial charge is 0.423 e. The number of nitrogens with zero attached hydrogens (tertiary/aromatic N) is 2. The molecule has 0 aliphatic carbocycles. The predicted molar refractivity (Wildman–Crippen MR) is 117 cm³/mol. The third-order valence-electron chi connectivity index (χ3n) is 4.54. The third-order valence-corrected chi connectivity index (χ3v) is 6.59. The summed E-state index contributed by atoms with van der Waals surface area (Å²) in [7, 11) is 0. The molecule has 29 heavy (non-hydrogen) atoms. The number of anilines is 3. The van der Waals surface area contributed by atoms with Crippen LogP contribution < -0.4 is 15.8 Å². The first-order chi connectivity index (χ1) is 14.2. The van der Waals surface area contributed by atoms with Crippen molar-refractivity contribution in [1.82, 2.24) is 4.98 Å². The Morgan fingerprint density at radius 2 is 1.93 bits per heavy atom. The average Bonchev–Trinajstić information content (AvgIpc) is 3.35. The molecule has 8 heteroatoms. The lowest BCUT2D eigenvalue weighted by atomic mass is 10.2. The molecule has 0 radical (unpaired) electrons. The zero-order valence-corrected chi connectivity index (χ0v) is 16.7. The fraction of sp³-hybridized carbons (Fsp3) is 0.0952. The second kappa shape index (κ2) is 7.38. The molecule has 1 N–H and O–H groups in total. The maximum absolute atomic E-state index is 12.5. The number of benzene rings is 2. The minimum atomic E-state index is -0.372. The lowest BCUT2D eigenvalue weighted by Gasteiger charge is -2.21. The number of carbonyl (C=O) groups excluding carboxylic acids is 1. The molecule has 2 aromatic heterocycles. The molecule has 1 atom stereocenters. The molecule has 3 heterocycles. The van der Waals surface area contributed by atoms with Gasteiger partial charge in [0.05, 0.1) is 5.75 Å². The Morgan fingerprint density at radius 1 is 1.07 bits per heavy atom. The molecule has 1 fully saturated rings. The van der Waals surface area contributed by atoms with E-state index in [0.717, 1.165) is 16.6 Å². The highest BCUT2D eigenvalue weighted by molar-refractivity contribution is 8.00. The van der Waals surface area contributed by atoms with Gasteiger partial charge in [-0.1, -0.05) is 30.3 Å². The minimum absolute atomic E-state index is 0.0606. The molecular weight excluding hydrogens is 406 g/mol. The molecule has 1 saturated heterocycles. The SMILES string of the molecule is O=C1CSC(c2ccccc2)N1c1nc(Nc2ccc3oc(=O)ccc3c2)cs1. The molecule has 2 aromatic carbocycles. The van der Waals surface area contributed by atoms with Crippen LogP contribution in [0.2, 0.25) is 0 Å². The highest BCUT2D eigenvalue weighted by atomic mass is 32.2. The first-order valence-corrected chi connectivity index (χ1v) is 10.9. The van der Waals surface area contributed by atoms with Crippen LogP contribution in [-0.4, -0.2) is 16.6 Å². The number of carbonyl (C=O) groups is 1. The van der Waals surface area contributed by atoms with Crippen molar-refractivity contribution in [1.29, 1.82) is 0 Å². The number of thioether (sulfide) groups is 1. The van der Waals surface area contributed by atoms with E-state index in [-0.39, 0.29) is 16.9 Å². The Labute approximate surface area is 174 Å². The smallest absolute Gasteiger partial charge is 0.336 e. The highest BCUT2D eigenvalue weighted by Crippen LogP contribution is 2.43. The summed E-state index contributed by atoms with van der Waals surface area (Å²) in [6.07, 6.45) is 0. The maximum Gasteiger partial charge on any atom is 0.336 e. The summed E-state index contributed by atoms with van der Waals surface area (Å²) in [5.74, 6) is 1.17. The summed E-state index contributed by atoms with van der Waals surface area (Å²) in [4.78, 5) is 30.2. The van der Waals surface area contributed by atoms with Crippen LogP contribution in [0.15, 0.2) is 75.3 Å². The van der Waals surface area contributed by atoms with Gasteiger partial charge in [0.15, 0.2) is 5.13 Å². The fourth-order valence-electron chi connectivity index (χ4n) is 3.22. The summed E-state index contributed by atoms with van der Waals surface area (Å²) in [6, 6.07) is 18.6. The molecule has 1 unspecified atom stereocenters. The first kappa shape index (κ1) is 18.0. The zero-order valence-electron chi connectivity index (χ0n) is 15.1. The molecule has 1 aliphatic heterocycles. The molecule has 0 spiro atoms. The van der Waals surface area contributed by atoms with Gasteiger partial charge in [-0.2, -0.15) is 0 Å². The van der Waals surface area contributed by atoms with E-state index in [4.69, 9.17) is 4.42 Å². The Balaban J connectivity index is 1.41. The van der Waals surface area contributed by atoms with E-state index in [1.807, 2.05) is 47.8 Å². The van der Waals surface area contributed by atoms with Crippen molar-refractivity contribution in [2.75, 3.05) is 16.0 Å². The van der Waals surface area contributed by atoms with Gasteiger partial charge in [0.2, 0.25) is 5.91 Å². The van der Waals surface area contributed by atoms with E-state index in [0.29, 0.717) is 22.3 Å². The molecule has 1 aliphatic rings. The van der Waals surface area contributed by atoms with Crippen LogP contribution in [0.3, 0.4) is 0 Å². The van der Waals surface area contributed by atoms with Crippen LogP contribution in [0.1, 0.15) is 10.9 Å². The van der Waals surface area contributed by atoms with Gasteiger partial charge < -0.3 is 9.73 Å². The quantitative estimate of drug-likeness (QED) is 0.478. The van der Waals surface area contributed by atoms with Gasteiger partial charge in [-0.25, -0.2) is 9.78 Å². The summed E-state index contributed by atoms with van der Waals surface area (Å²) < 4.78 is 5.16. The van der Waals surface area contributed by atoms with Crippen molar-refractivity contribution in [3.05, 3.63) is 82.0 Å². The number of hydrogen-bond donors (Lipinski definition) is 1. The van der Waals surface area contributed by atoms with E-state index in [1.54, 1.807) is 28.8 Å². The number of amides is 1. The van der Waals surface area contributed by atoms with Gasteiger partial charge >= 0.3 is 5.63 Å². The Morgan fingerprint density at radius 3 is 2.79 bits per heavy atom. The van der Waals surface area contributed by atoms with Crippen LogP contribution in [0.4, 0.5) is 16.6 Å². The average molecular weight is 422 g/mol. The third kappa shape index (κ3) is 3.52. The van der Waals surface area contributed by atoms with Crippen molar-refractivity contribution in [2.24, 2.45) is 0 Å². The number of hydrogen-bond acceptors (Lipinski definition) is 7. The van der Waals surface area contributed by atoms with Crippen LogP contribution in [0.25, 0.3) is 11.0 Å².